The Balaban J connectivity index is 3.39. The van der Waals surface area contributed by atoms with Crippen LogP contribution in [-0.2, 0) is 19.3 Å². The molecule has 0 unspecified atom stereocenters. The van der Waals surface area contributed by atoms with E-state index in [2.05, 4.69) is 34.6 Å². The number of hydrogen-bond acceptors (Lipinski definition) is 1. The minimum Gasteiger partial charge on any atom is -0.507 e. The van der Waals surface area contributed by atoms with E-state index in [0.29, 0.717) is 5.75 Å². The zero-order valence-corrected chi connectivity index (χ0v) is 13.4. The van der Waals surface area contributed by atoms with E-state index in [1.54, 1.807) is 0 Å². The van der Waals surface area contributed by atoms with E-state index in [1.807, 2.05) is 0 Å². The minimum absolute atomic E-state index is 0.564. The van der Waals surface area contributed by atoms with Gasteiger partial charge in [0.1, 0.15) is 5.75 Å². The standard InChI is InChI=1S/C18H30O/c1-6-9-12-17-16(11-8-3)15(10-7-2)13(4)14(5)18(17)19/h19H,6-12H2,1-5H3. The molecule has 1 aromatic rings. The van der Waals surface area contributed by atoms with Gasteiger partial charge in [-0.15, -0.1) is 0 Å². The van der Waals surface area contributed by atoms with Crippen molar-refractivity contribution in [3.05, 3.63) is 27.8 Å². The van der Waals surface area contributed by atoms with Crippen LogP contribution in [0.15, 0.2) is 0 Å². The Hall–Kier alpha value is -0.980. The molecule has 1 nitrogen and oxygen atoms in total. The molecule has 19 heavy (non-hydrogen) atoms. The Kier molecular flexibility index (Phi) is 6.41. The fourth-order valence-electron chi connectivity index (χ4n) is 2.94. The van der Waals surface area contributed by atoms with Crippen LogP contribution in [0.25, 0.3) is 0 Å². The maximum atomic E-state index is 10.5. The maximum absolute atomic E-state index is 10.5. The SMILES string of the molecule is CCCCc1c(O)c(C)c(C)c(CCC)c1CCC. The second kappa shape index (κ2) is 7.57. The number of phenolic OH excluding ortho intramolecular Hbond substituents is 1. The van der Waals surface area contributed by atoms with E-state index in [4.69, 9.17) is 0 Å². The number of benzene rings is 1. The van der Waals surface area contributed by atoms with Gasteiger partial charge in [-0.05, 0) is 67.3 Å². The van der Waals surface area contributed by atoms with Gasteiger partial charge in [-0.25, -0.2) is 0 Å². The first kappa shape index (κ1) is 16.1. The Morgan fingerprint density at radius 3 is 1.79 bits per heavy atom. The molecule has 1 rings (SSSR count). The first-order chi connectivity index (χ1) is 9.08. The van der Waals surface area contributed by atoms with E-state index in [9.17, 15) is 5.11 Å². The average molecular weight is 262 g/mol. The Morgan fingerprint density at radius 2 is 1.26 bits per heavy atom. The normalized spacial score (nSPS) is 11.0. The highest BCUT2D eigenvalue weighted by atomic mass is 16.3. The molecule has 0 radical (unpaired) electrons. The lowest BCUT2D eigenvalue weighted by Gasteiger charge is -2.21. The van der Waals surface area contributed by atoms with Crippen LogP contribution < -0.4 is 0 Å². The first-order valence-electron chi connectivity index (χ1n) is 7.91. The molecule has 0 aliphatic rings. The minimum atomic E-state index is 0.564. The Morgan fingerprint density at radius 1 is 0.684 bits per heavy atom. The van der Waals surface area contributed by atoms with Gasteiger partial charge in [0.2, 0.25) is 0 Å². The fourth-order valence-corrected chi connectivity index (χ4v) is 2.94. The van der Waals surface area contributed by atoms with Crippen molar-refractivity contribution >= 4 is 0 Å². The van der Waals surface area contributed by atoms with Gasteiger partial charge in [0.05, 0.1) is 0 Å². The fraction of sp³-hybridized carbons (Fsp3) is 0.667. The summed E-state index contributed by atoms with van der Waals surface area (Å²) in [6.07, 6.45) is 7.94. The molecule has 0 bridgehead atoms. The van der Waals surface area contributed by atoms with Crippen LogP contribution in [0, 0.1) is 13.8 Å². The summed E-state index contributed by atoms with van der Waals surface area (Å²) in [6.45, 7) is 10.9. The average Bonchev–Trinajstić information content (AvgIpc) is 2.41. The summed E-state index contributed by atoms with van der Waals surface area (Å²) in [4.78, 5) is 0. The van der Waals surface area contributed by atoms with E-state index in [0.717, 1.165) is 31.2 Å². The molecular formula is C18H30O. The van der Waals surface area contributed by atoms with Crippen molar-refractivity contribution in [3.63, 3.8) is 0 Å². The van der Waals surface area contributed by atoms with Crippen molar-refractivity contribution in [1.29, 1.82) is 0 Å². The van der Waals surface area contributed by atoms with Crippen LogP contribution in [0.5, 0.6) is 5.75 Å². The van der Waals surface area contributed by atoms with Crippen LogP contribution in [-0.4, -0.2) is 5.11 Å². The summed E-state index contributed by atoms with van der Waals surface area (Å²) in [5.74, 6) is 0.564. The number of rotatable bonds is 7. The van der Waals surface area contributed by atoms with Gasteiger partial charge in [-0.1, -0.05) is 40.0 Å². The zero-order valence-electron chi connectivity index (χ0n) is 13.4. The lowest BCUT2D eigenvalue weighted by molar-refractivity contribution is 0.460. The summed E-state index contributed by atoms with van der Waals surface area (Å²) in [5, 5.41) is 10.5. The summed E-state index contributed by atoms with van der Waals surface area (Å²) < 4.78 is 0. The van der Waals surface area contributed by atoms with Crippen LogP contribution in [0.2, 0.25) is 0 Å². The molecule has 108 valence electrons. The number of aromatic hydroxyl groups is 1. The van der Waals surface area contributed by atoms with Crippen molar-refractivity contribution in [2.75, 3.05) is 0 Å². The molecule has 0 fully saturated rings. The van der Waals surface area contributed by atoms with Gasteiger partial charge in [0.25, 0.3) is 0 Å². The summed E-state index contributed by atoms with van der Waals surface area (Å²) in [6, 6.07) is 0. The highest BCUT2D eigenvalue weighted by molar-refractivity contribution is 5.54. The highest BCUT2D eigenvalue weighted by Crippen LogP contribution is 2.35. The lowest BCUT2D eigenvalue weighted by atomic mass is 9.85. The van der Waals surface area contributed by atoms with Crippen molar-refractivity contribution in [2.24, 2.45) is 0 Å². The summed E-state index contributed by atoms with van der Waals surface area (Å²) >= 11 is 0. The second-order valence-electron chi connectivity index (χ2n) is 5.64. The summed E-state index contributed by atoms with van der Waals surface area (Å²) in [7, 11) is 0. The van der Waals surface area contributed by atoms with Crippen molar-refractivity contribution in [1.82, 2.24) is 0 Å². The maximum Gasteiger partial charge on any atom is 0.122 e. The molecule has 0 amide bonds. The molecule has 0 atom stereocenters. The second-order valence-corrected chi connectivity index (χ2v) is 5.64. The smallest absolute Gasteiger partial charge is 0.122 e. The third-order valence-electron chi connectivity index (χ3n) is 4.17. The van der Waals surface area contributed by atoms with Crippen LogP contribution in [0.4, 0.5) is 0 Å². The van der Waals surface area contributed by atoms with Crippen LogP contribution in [0.3, 0.4) is 0 Å². The van der Waals surface area contributed by atoms with E-state index < -0.39 is 0 Å². The molecule has 0 spiro atoms. The predicted molar refractivity (Wildman–Crippen MR) is 84.2 cm³/mol. The number of hydrogen-bond donors (Lipinski definition) is 1. The molecule has 0 saturated heterocycles. The topological polar surface area (TPSA) is 20.2 Å². The van der Waals surface area contributed by atoms with Crippen molar-refractivity contribution < 1.29 is 5.11 Å². The Labute approximate surface area is 119 Å². The van der Waals surface area contributed by atoms with Crippen molar-refractivity contribution in [3.8, 4) is 5.75 Å². The quantitative estimate of drug-likeness (QED) is 0.711. The Bertz CT molecular complexity index is 418. The molecule has 0 aliphatic carbocycles. The van der Waals surface area contributed by atoms with Gasteiger partial charge >= 0.3 is 0 Å². The molecule has 1 aromatic carbocycles. The third-order valence-corrected chi connectivity index (χ3v) is 4.17. The van der Waals surface area contributed by atoms with E-state index in [1.165, 1.54) is 41.5 Å². The molecule has 0 heterocycles. The van der Waals surface area contributed by atoms with Gasteiger partial charge in [-0.3, -0.25) is 0 Å². The van der Waals surface area contributed by atoms with Crippen LogP contribution in [0.1, 0.15) is 74.3 Å². The van der Waals surface area contributed by atoms with Crippen LogP contribution >= 0.6 is 0 Å². The lowest BCUT2D eigenvalue weighted by Crippen LogP contribution is -2.06. The first-order valence-corrected chi connectivity index (χ1v) is 7.91. The largest absolute Gasteiger partial charge is 0.507 e. The third kappa shape index (κ3) is 3.52. The van der Waals surface area contributed by atoms with Gasteiger partial charge in [-0.2, -0.15) is 0 Å². The predicted octanol–water partition coefficient (Wildman–Crippen LogP) is 5.26. The highest BCUT2D eigenvalue weighted by Gasteiger charge is 2.17. The molecular weight excluding hydrogens is 232 g/mol. The van der Waals surface area contributed by atoms with E-state index in [-0.39, 0.29) is 0 Å². The van der Waals surface area contributed by atoms with E-state index >= 15 is 0 Å². The van der Waals surface area contributed by atoms with Gasteiger partial charge in [0, 0.05) is 0 Å². The number of unbranched alkanes of at least 4 members (excludes halogenated alkanes) is 1. The molecule has 0 aliphatic heterocycles. The molecule has 1 N–H and O–H groups in total. The molecule has 0 aromatic heterocycles. The van der Waals surface area contributed by atoms with Gasteiger partial charge in [0.15, 0.2) is 0 Å². The number of phenols is 1. The van der Waals surface area contributed by atoms with Gasteiger partial charge < -0.3 is 5.11 Å². The molecule has 1 heteroatoms. The van der Waals surface area contributed by atoms with Crippen molar-refractivity contribution in [2.45, 2.75) is 79.6 Å². The molecule has 0 saturated carbocycles. The zero-order chi connectivity index (χ0) is 14.4. The summed E-state index contributed by atoms with van der Waals surface area (Å²) in [5.41, 5.74) is 6.58. The monoisotopic (exact) mass is 262 g/mol.